The van der Waals surface area contributed by atoms with Crippen LogP contribution in [-0.2, 0) is 4.79 Å². The number of aromatic amines is 1. The molecule has 16 heavy (non-hydrogen) atoms. The Balaban J connectivity index is 1.70. The molecule has 3 rings (SSSR count). The van der Waals surface area contributed by atoms with Crippen LogP contribution in [0.2, 0.25) is 0 Å². The van der Waals surface area contributed by atoms with Crippen molar-refractivity contribution in [2.75, 3.05) is 5.32 Å². The number of nitrogens with zero attached hydrogens (tertiary/aromatic N) is 1. The number of H-pyrrole nitrogens is 1. The lowest BCUT2D eigenvalue weighted by Gasteiger charge is -2.06. The van der Waals surface area contributed by atoms with Gasteiger partial charge in [0.05, 0.1) is 17.1 Å². The average molecular weight is 219 g/mol. The Kier molecular flexibility index (Phi) is 2.06. The van der Waals surface area contributed by atoms with Crippen molar-refractivity contribution < 1.29 is 4.79 Å². The fourth-order valence-corrected chi connectivity index (χ4v) is 3.15. The van der Waals surface area contributed by atoms with Gasteiger partial charge < -0.3 is 5.32 Å². The Morgan fingerprint density at radius 3 is 2.62 bits per heavy atom. The third-order valence-electron chi connectivity index (χ3n) is 4.09. The van der Waals surface area contributed by atoms with Crippen LogP contribution in [0.15, 0.2) is 0 Å². The Labute approximate surface area is 94.8 Å². The van der Waals surface area contributed by atoms with Gasteiger partial charge in [0.25, 0.3) is 0 Å². The highest BCUT2D eigenvalue weighted by Gasteiger charge is 2.56. The zero-order chi connectivity index (χ0) is 11.3. The van der Waals surface area contributed by atoms with Gasteiger partial charge in [0.2, 0.25) is 5.91 Å². The number of fused-ring (bicyclic) bond motifs is 1. The van der Waals surface area contributed by atoms with Gasteiger partial charge in [-0.05, 0) is 38.5 Å². The van der Waals surface area contributed by atoms with Gasteiger partial charge in [-0.25, -0.2) is 0 Å². The smallest absolute Gasteiger partial charge is 0.228 e. The number of aromatic nitrogens is 2. The van der Waals surface area contributed by atoms with Gasteiger partial charge in [0.1, 0.15) is 0 Å². The number of anilines is 1. The summed E-state index contributed by atoms with van der Waals surface area (Å²) in [5, 5.41) is 9.99. The molecule has 0 aliphatic heterocycles. The average Bonchev–Trinajstić information content (AvgIpc) is 2.58. The predicted molar refractivity (Wildman–Crippen MR) is 61.0 cm³/mol. The molecule has 2 unspecified atom stereocenters. The van der Waals surface area contributed by atoms with Gasteiger partial charge in [-0.2, -0.15) is 5.10 Å². The Morgan fingerprint density at radius 1 is 1.38 bits per heavy atom. The maximum atomic E-state index is 12.0. The maximum Gasteiger partial charge on any atom is 0.228 e. The van der Waals surface area contributed by atoms with E-state index in [0.29, 0.717) is 11.8 Å². The minimum atomic E-state index is 0.197. The molecule has 0 radical (unpaired) electrons. The fourth-order valence-electron chi connectivity index (χ4n) is 3.15. The van der Waals surface area contributed by atoms with Crippen molar-refractivity contribution in [2.24, 2.45) is 17.8 Å². The first kappa shape index (κ1) is 9.87. The molecule has 2 fully saturated rings. The van der Waals surface area contributed by atoms with Crippen LogP contribution in [0.3, 0.4) is 0 Å². The predicted octanol–water partition coefficient (Wildman–Crippen LogP) is 2.01. The zero-order valence-electron chi connectivity index (χ0n) is 9.71. The van der Waals surface area contributed by atoms with Gasteiger partial charge in [-0.15, -0.1) is 0 Å². The van der Waals surface area contributed by atoms with E-state index >= 15 is 0 Å². The molecular formula is C12H17N3O. The van der Waals surface area contributed by atoms with Gasteiger partial charge in [-0.3, -0.25) is 9.89 Å². The molecule has 2 atom stereocenters. The lowest BCUT2D eigenvalue weighted by atomic mass is 10.1. The van der Waals surface area contributed by atoms with Crippen molar-refractivity contribution in [3.05, 3.63) is 11.4 Å². The molecule has 2 N–H and O–H groups in total. The summed E-state index contributed by atoms with van der Waals surface area (Å²) in [6.45, 7) is 3.84. The van der Waals surface area contributed by atoms with E-state index in [2.05, 4.69) is 15.5 Å². The highest BCUT2D eigenvalue weighted by Crippen LogP contribution is 2.57. The molecule has 2 saturated carbocycles. The summed E-state index contributed by atoms with van der Waals surface area (Å²) in [6, 6.07) is 0. The molecular weight excluding hydrogens is 202 g/mol. The summed E-state index contributed by atoms with van der Waals surface area (Å²) in [6.07, 6.45) is 3.79. The number of hydrogen-bond donors (Lipinski definition) is 2. The second-order valence-electron chi connectivity index (χ2n) is 5.08. The van der Waals surface area contributed by atoms with Gasteiger partial charge in [0.15, 0.2) is 0 Å². The van der Waals surface area contributed by atoms with E-state index < -0.39 is 0 Å². The molecule has 4 nitrogen and oxygen atoms in total. The van der Waals surface area contributed by atoms with E-state index in [0.717, 1.165) is 17.1 Å². The fraction of sp³-hybridized carbons (Fsp3) is 0.667. The second-order valence-corrected chi connectivity index (χ2v) is 5.08. The number of rotatable bonds is 2. The number of nitrogens with one attached hydrogen (secondary N) is 2. The van der Waals surface area contributed by atoms with Crippen molar-refractivity contribution in [1.82, 2.24) is 10.2 Å². The number of carbonyl (C=O) groups is 1. The van der Waals surface area contributed by atoms with Crippen molar-refractivity contribution in [2.45, 2.75) is 33.1 Å². The summed E-state index contributed by atoms with van der Waals surface area (Å²) < 4.78 is 0. The van der Waals surface area contributed by atoms with Crippen molar-refractivity contribution >= 4 is 11.6 Å². The number of aryl methyl sites for hydroxylation is 2. The summed E-state index contributed by atoms with van der Waals surface area (Å²) in [4.78, 5) is 12.0. The molecule has 1 aromatic heterocycles. The van der Waals surface area contributed by atoms with Crippen LogP contribution in [0, 0.1) is 31.6 Å². The third-order valence-corrected chi connectivity index (χ3v) is 4.09. The van der Waals surface area contributed by atoms with Crippen LogP contribution in [0.5, 0.6) is 0 Å². The third kappa shape index (κ3) is 1.36. The molecule has 4 heteroatoms. The topological polar surface area (TPSA) is 57.8 Å². The Morgan fingerprint density at radius 2 is 2.06 bits per heavy atom. The quantitative estimate of drug-likeness (QED) is 0.799. The molecule has 0 spiro atoms. The van der Waals surface area contributed by atoms with Crippen molar-refractivity contribution in [3.63, 3.8) is 0 Å². The standard InChI is InChI=1S/C12H17N3O/c1-6-11(7(2)15-14-6)13-12(16)10-8-4-3-5-9(8)10/h8-10H,3-5H2,1-2H3,(H,13,16)(H,14,15). The van der Waals surface area contributed by atoms with Crippen LogP contribution in [0.4, 0.5) is 5.69 Å². The van der Waals surface area contributed by atoms with Gasteiger partial charge in [-0.1, -0.05) is 6.42 Å². The lowest BCUT2D eigenvalue weighted by Crippen LogP contribution is -2.17. The molecule has 0 aromatic carbocycles. The molecule has 2 aliphatic rings. The number of amides is 1. The minimum Gasteiger partial charge on any atom is -0.323 e. The normalized spacial score (nSPS) is 31.2. The van der Waals surface area contributed by atoms with E-state index in [-0.39, 0.29) is 11.8 Å². The maximum absolute atomic E-state index is 12.0. The van der Waals surface area contributed by atoms with Crippen molar-refractivity contribution in [1.29, 1.82) is 0 Å². The SMILES string of the molecule is Cc1n[nH]c(C)c1NC(=O)C1C2CCCC21. The molecule has 0 bridgehead atoms. The highest BCUT2D eigenvalue weighted by atomic mass is 16.2. The number of carbonyl (C=O) groups excluding carboxylic acids is 1. The summed E-state index contributed by atoms with van der Waals surface area (Å²) in [5.41, 5.74) is 2.68. The van der Waals surface area contributed by atoms with E-state index in [9.17, 15) is 4.79 Å². The van der Waals surface area contributed by atoms with E-state index in [1.165, 1.54) is 19.3 Å². The molecule has 0 saturated heterocycles. The van der Waals surface area contributed by atoms with Gasteiger partial charge >= 0.3 is 0 Å². The molecule has 1 aromatic rings. The van der Waals surface area contributed by atoms with E-state index in [1.807, 2.05) is 13.8 Å². The van der Waals surface area contributed by atoms with E-state index in [1.54, 1.807) is 0 Å². The first-order valence-electron chi connectivity index (χ1n) is 6.01. The van der Waals surface area contributed by atoms with Crippen LogP contribution in [0.1, 0.15) is 30.7 Å². The molecule has 86 valence electrons. The Hall–Kier alpha value is -1.32. The number of hydrogen-bond acceptors (Lipinski definition) is 2. The van der Waals surface area contributed by atoms with Crippen LogP contribution in [-0.4, -0.2) is 16.1 Å². The van der Waals surface area contributed by atoms with Crippen LogP contribution < -0.4 is 5.32 Å². The first-order valence-corrected chi connectivity index (χ1v) is 6.01. The molecule has 1 heterocycles. The van der Waals surface area contributed by atoms with Crippen molar-refractivity contribution in [3.8, 4) is 0 Å². The summed E-state index contributed by atoms with van der Waals surface area (Å²) >= 11 is 0. The summed E-state index contributed by atoms with van der Waals surface area (Å²) in [5.74, 6) is 1.82. The van der Waals surface area contributed by atoms with Crippen LogP contribution in [0.25, 0.3) is 0 Å². The zero-order valence-corrected chi connectivity index (χ0v) is 9.71. The largest absolute Gasteiger partial charge is 0.323 e. The summed E-state index contributed by atoms with van der Waals surface area (Å²) in [7, 11) is 0. The lowest BCUT2D eigenvalue weighted by molar-refractivity contribution is -0.118. The Bertz CT molecular complexity index is 408. The monoisotopic (exact) mass is 219 g/mol. The second kappa shape index (κ2) is 3.34. The molecule has 1 amide bonds. The van der Waals surface area contributed by atoms with Crippen LogP contribution >= 0.6 is 0 Å². The minimum absolute atomic E-state index is 0.197. The van der Waals surface area contributed by atoms with Gasteiger partial charge in [0, 0.05) is 5.92 Å². The molecule has 2 aliphatic carbocycles. The first-order chi connectivity index (χ1) is 7.68. The van der Waals surface area contributed by atoms with E-state index in [4.69, 9.17) is 0 Å². The highest BCUT2D eigenvalue weighted by molar-refractivity contribution is 5.95.